The monoisotopic (exact) mass is 306 g/mol. The van der Waals surface area contributed by atoms with Crippen molar-refractivity contribution in [2.24, 2.45) is 0 Å². The molecule has 1 heterocycles. The zero-order valence-electron chi connectivity index (χ0n) is 13.5. The van der Waals surface area contributed by atoms with Crippen molar-refractivity contribution in [3.63, 3.8) is 0 Å². The first-order chi connectivity index (χ1) is 10.9. The van der Waals surface area contributed by atoms with Crippen LogP contribution in [0.1, 0.15) is 59.3 Å². The number of carbonyl (C=O) groups excluding carboxylic acids is 2. The molecule has 1 unspecified atom stereocenters. The molecule has 2 aromatic rings. The Labute approximate surface area is 135 Å². The largest absolute Gasteiger partial charge is 0.304 e. The van der Waals surface area contributed by atoms with Gasteiger partial charge in [0.2, 0.25) is 0 Å². The number of hydrogen-bond acceptors (Lipinski definition) is 3. The Morgan fingerprint density at radius 1 is 1.04 bits per heavy atom. The molecular formula is C19H18N2O2. The highest BCUT2D eigenvalue weighted by Gasteiger charge is 2.50. The molecule has 116 valence electrons. The molecule has 1 aromatic carbocycles. The summed E-state index contributed by atoms with van der Waals surface area (Å²) in [6, 6.07) is 11.7. The topological polar surface area (TPSA) is 62.9 Å². The van der Waals surface area contributed by atoms with Crippen LogP contribution in [0, 0.1) is 11.3 Å². The minimum absolute atomic E-state index is 0.339. The molecule has 23 heavy (non-hydrogen) atoms. The molecule has 0 radical (unpaired) electrons. The molecule has 0 aliphatic heterocycles. The standard InChI is InChI=1S/C19H18N2O2/c1-18(2)11-19(3,12-20)17-15(10-23)21(14(9-22)16(17)18)13-7-5-4-6-8-13/h4-10H,11H2,1-3H3. The van der Waals surface area contributed by atoms with Gasteiger partial charge >= 0.3 is 0 Å². The number of nitriles is 1. The summed E-state index contributed by atoms with van der Waals surface area (Å²) in [5, 5.41) is 9.70. The van der Waals surface area contributed by atoms with Gasteiger partial charge in [0, 0.05) is 11.3 Å². The molecule has 4 nitrogen and oxygen atoms in total. The number of hydrogen-bond donors (Lipinski definition) is 0. The second kappa shape index (κ2) is 4.92. The molecule has 1 aliphatic carbocycles. The van der Waals surface area contributed by atoms with Gasteiger partial charge in [-0.05, 0) is 36.5 Å². The Morgan fingerprint density at radius 2 is 1.61 bits per heavy atom. The summed E-state index contributed by atoms with van der Waals surface area (Å²) in [5.41, 5.74) is 2.04. The molecule has 0 spiro atoms. The summed E-state index contributed by atoms with van der Waals surface area (Å²) in [5.74, 6) is 0. The van der Waals surface area contributed by atoms with Crippen LogP contribution in [0.25, 0.3) is 5.69 Å². The van der Waals surface area contributed by atoms with Crippen LogP contribution in [0.3, 0.4) is 0 Å². The summed E-state index contributed by atoms with van der Waals surface area (Å²) in [6.45, 7) is 5.88. The molecule has 0 N–H and O–H groups in total. The molecule has 4 heteroatoms. The number of rotatable bonds is 3. The van der Waals surface area contributed by atoms with E-state index in [0.29, 0.717) is 23.4 Å². The van der Waals surface area contributed by atoms with Crippen molar-refractivity contribution in [3.05, 3.63) is 52.8 Å². The van der Waals surface area contributed by atoms with Crippen LogP contribution in [0.15, 0.2) is 30.3 Å². The minimum atomic E-state index is -0.771. The van der Waals surface area contributed by atoms with E-state index in [4.69, 9.17) is 0 Å². The summed E-state index contributed by atoms with van der Waals surface area (Å²) in [7, 11) is 0. The molecule has 1 aliphatic rings. The number of para-hydroxylation sites is 1. The van der Waals surface area contributed by atoms with Gasteiger partial charge in [0.1, 0.15) is 0 Å². The van der Waals surface area contributed by atoms with Crippen LogP contribution in [0.2, 0.25) is 0 Å². The van der Waals surface area contributed by atoms with E-state index >= 15 is 0 Å². The Hall–Kier alpha value is -2.67. The Bertz CT molecular complexity index is 840. The molecule has 1 atom stereocenters. The van der Waals surface area contributed by atoms with Crippen molar-refractivity contribution in [2.75, 3.05) is 0 Å². The van der Waals surface area contributed by atoms with Gasteiger partial charge < -0.3 is 4.57 Å². The third-order valence-corrected chi connectivity index (χ3v) is 4.75. The fourth-order valence-electron chi connectivity index (χ4n) is 4.09. The zero-order chi connectivity index (χ0) is 16.8. The van der Waals surface area contributed by atoms with Crippen LogP contribution in [0.4, 0.5) is 0 Å². The van der Waals surface area contributed by atoms with Crippen LogP contribution in [-0.4, -0.2) is 17.1 Å². The first-order valence-electron chi connectivity index (χ1n) is 7.56. The molecule has 1 aromatic heterocycles. The lowest BCUT2D eigenvalue weighted by molar-refractivity contribution is 0.111. The summed E-state index contributed by atoms with van der Waals surface area (Å²) in [6.07, 6.45) is 2.15. The lowest BCUT2D eigenvalue weighted by atomic mass is 9.80. The number of aromatic nitrogens is 1. The number of fused-ring (bicyclic) bond motifs is 1. The summed E-state index contributed by atoms with van der Waals surface area (Å²) in [4.78, 5) is 23.7. The maximum atomic E-state index is 11.9. The number of carbonyl (C=O) groups is 2. The molecule has 0 fully saturated rings. The zero-order valence-corrected chi connectivity index (χ0v) is 13.5. The van der Waals surface area contributed by atoms with Crippen molar-refractivity contribution in [3.8, 4) is 11.8 Å². The molecule has 3 rings (SSSR count). The lowest BCUT2D eigenvalue weighted by Gasteiger charge is -2.23. The highest BCUT2D eigenvalue weighted by Crippen LogP contribution is 2.52. The van der Waals surface area contributed by atoms with E-state index < -0.39 is 5.41 Å². The van der Waals surface area contributed by atoms with Crippen LogP contribution < -0.4 is 0 Å². The first kappa shape index (κ1) is 15.2. The second-order valence-corrected chi connectivity index (χ2v) is 6.93. The fraction of sp³-hybridized carbons (Fsp3) is 0.316. The SMILES string of the molecule is CC1(C)CC(C)(C#N)c2c1c(C=O)n(-c1ccccc1)c2C=O. The van der Waals surface area contributed by atoms with E-state index in [0.717, 1.165) is 23.8 Å². The molecule has 0 saturated heterocycles. The molecule has 0 amide bonds. The van der Waals surface area contributed by atoms with Crippen molar-refractivity contribution in [1.82, 2.24) is 4.57 Å². The van der Waals surface area contributed by atoms with Crippen molar-refractivity contribution in [2.45, 2.75) is 38.0 Å². The van der Waals surface area contributed by atoms with Crippen molar-refractivity contribution >= 4 is 12.6 Å². The number of aldehydes is 2. The fourth-order valence-corrected chi connectivity index (χ4v) is 4.09. The summed E-state index contributed by atoms with van der Waals surface area (Å²) < 4.78 is 1.68. The maximum absolute atomic E-state index is 11.9. The Morgan fingerprint density at radius 3 is 2.13 bits per heavy atom. The summed E-state index contributed by atoms with van der Waals surface area (Å²) >= 11 is 0. The highest BCUT2D eigenvalue weighted by atomic mass is 16.1. The average Bonchev–Trinajstić information content (AvgIpc) is 3.00. The molecule has 0 saturated carbocycles. The van der Waals surface area contributed by atoms with Crippen LogP contribution >= 0.6 is 0 Å². The maximum Gasteiger partial charge on any atom is 0.167 e. The molecular weight excluding hydrogens is 288 g/mol. The van der Waals surface area contributed by atoms with E-state index in [1.807, 2.05) is 51.1 Å². The second-order valence-electron chi connectivity index (χ2n) is 6.93. The smallest absolute Gasteiger partial charge is 0.167 e. The Kier molecular flexibility index (Phi) is 3.26. The van der Waals surface area contributed by atoms with E-state index in [1.54, 1.807) is 4.57 Å². The lowest BCUT2D eigenvalue weighted by Crippen LogP contribution is -2.23. The third kappa shape index (κ3) is 1.97. The van der Waals surface area contributed by atoms with E-state index in [2.05, 4.69) is 6.07 Å². The van der Waals surface area contributed by atoms with Crippen molar-refractivity contribution in [1.29, 1.82) is 5.26 Å². The van der Waals surface area contributed by atoms with Gasteiger partial charge in [0.15, 0.2) is 12.6 Å². The van der Waals surface area contributed by atoms with Gasteiger partial charge in [-0.3, -0.25) is 9.59 Å². The highest BCUT2D eigenvalue weighted by molar-refractivity contribution is 5.89. The van der Waals surface area contributed by atoms with Gasteiger partial charge in [0.05, 0.1) is 22.9 Å². The van der Waals surface area contributed by atoms with Gasteiger partial charge in [0.25, 0.3) is 0 Å². The van der Waals surface area contributed by atoms with E-state index in [1.165, 1.54) is 0 Å². The van der Waals surface area contributed by atoms with Gasteiger partial charge in [-0.2, -0.15) is 5.26 Å². The predicted molar refractivity (Wildman–Crippen MR) is 87.2 cm³/mol. The quantitative estimate of drug-likeness (QED) is 0.814. The first-order valence-corrected chi connectivity index (χ1v) is 7.56. The van der Waals surface area contributed by atoms with Gasteiger partial charge in [-0.15, -0.1) is 0 Å². The van der Waals surface area contributed by atoms with E-state index in [9.17, 15) is 14.9 Å². The minimum Gasteiger partial charge on any atom is -0.304 e. The van der Waals surface area contributed by atoms with Crippen molar-refractivity contribution < 1.29 is 9.59 Å². The van der Waals surface area contributed by atoms with E-state index in [-0.39, 0.29) is 5.41 Å². The van der Waals surface area contributed by atoms with Crippen LogP contribution in [0.5, 0.6) is 0 Å². The molecule has 0 bridgehead atoms. The number of nitrogens with zero attached hydrogens (tertiary/aromatic N) is 2. The Balaban J connectivity index is 2.47. The number of benzene rings is 1. The van der Waals surface area contributed by atoms with Crippen LogP contribution in [-0.2, 0) is 10.8 Å². The van der Waals surface area contributed by atoms with Gasteiger partial charge in [-0.25, -0.2) is 0 Å². The average molecular weight is 306 g/mol. The van der Waals surface area contributed by atoms with Gasteiger partial charge in [-0.1, -0.05) is 32.0 Å². The normalized spacial score (nSPS) is 21.5. The predicted octanol–water partition coefficient (Wildman–Crippen LogP) is 3.56. The third-order valence-electron chi connectivity index (χ3n) is 4.75.